The van der Waals surface area contributed by atoms with Crippen LogP contribution >= 0.6 is 0 Å². The number of nitrogens with zero attached hydrogens (tertiary/aromatic N) is 1. The van der Waals surface area contributed by atoms with Crippen molar-refractivity contribution in [3.8, 4) is 0 Å². The molecule has 2 amide bonds. The maximum Gasteiger partial charge on any atom is 0.317 e. The van der Waals surface area contributed by atoms with Crippen molar-refractivity contribution >= 4 is 12.0 Å². The number of urea groups is 1. The van der Waals surface area contributed by atoms with E-state index in [9.17, 15) is 9.59 Å². The van der Waals surface area contributed by atoms with E-state index >= 15 is 0 Å². The minimum absolute atomic E-state index is 0.0922. The summed E-state index contributed by atoms with van der Waals surface area (Å²) in [5.74, 6) is -0.831. The fourth-order valence-corrected chi connectivity index (χ4v) is 1.56. The summed E-state index contributed by atoms with van der Waals surface area (Å²) in [5, 5.41) is 11.1. The Kier molecular flexibility index (Phi) is 7.33. The molecule has 0 rings (SSSR count). The molecule has 0 saturated heterocycles. The molecule has 0 aromatic rings. The first-order chi connectivity index (χ1) is 7.52. The van der Waals surface area contributed by atoms with E-state index < -0.39 is 5.97 Å². The van der Waals surface area contributed by atoms with Gasteiger partial charge in [-0.15, -0.1) is 0 Å². The van der Waals surface area contributed by atoms with Crippen molar-refractivity contribution in [2.45, 2.75) is 45.6 Å². The van der Waals surface area contributed by atoms with Crippen molar-refractivity contribution in [3.05, 3.63) is 0 Å². The van der Waals surface area contributed by atoms with Crippen LogP contribution in [0.5, 0.6) is 0 Å². The van der Waals surface area contributed by atoms with E-state index in [1.807, 2.05) is 13.8 Å². The smallest absolute Gasteiger partial charge is 0.317 e. The summed E-state index contributed by atoms with van der Waals surface area (Å²) >= 11 is 0. The summed E-state index contributed by atoms with van der Waals surface area (Å²) < 4.78 is 0. The van der Waals surface area contributed by atoms with Gasteiger partial charge in [-0.1, -0.05) is 13.8 Å². The zero-order valence-electron chi connectivity index (χ0n) is 10.3. The molecular formula is C11H22N2O3. The number of nitrogens with one attached hydrogen (secondary N) is 1. The van der Waals surface area contributed by atoms with Crippen LogP contribution in [0.25, 0.3) is 0 Å². The first-order valence-corrected chi connectivity index (χ1v) is 5.75. The molecule has 0 aromatic carbocycles. The first kappa shape index (κ1) is 14.7. The Morgan fingerprint density at radius 3 is 2.31 bits per heavy atom. The molecule has 0 atom stereocenters. The molecule has 0 bridgehead atoms. The Balaban J connectivity index is 3.83. The average Bonchev–Trinajstić information content (AvgIpc) is 2.25. The van der Waals surface area contributed by atoms with Crippen LogP contribution < -0.4 is 5.32 Å². The molecule has 94 valence electrons. The third-order valence-corrected chi connectivity index (χ3v) is 2.65. The fourth-order valence-electron chi connectivity index (χ4n) is 1.56. The lowest BCUT2D eigenvalue weighted by molar-refractivity contribution is -0.137. The van der Waals surface area contributed by atoms with Gasteiger partial charge in [-0.2, -0.15) is 0 Å². The Hall–Kier alpha value is -1.26. The molecule has 0 aliphatic carbocycles. The molecule has 0 aliphatic heterocycles. The van der Waals surface area contributed by atoms with Gasteiger partial charge in [-0.25, -0.2) is 4.79 Å². The highest BCUT2D eigenvalue weighted by atomic mass is 16.4. The van der Waals surface area contributed by atoms with Crippen LogP contribution in [0.4, 0.5) is 4.79 Å². The van der Waals surface area contributed by atoms with E-state index in [2.05, 4.69) is 5.32 Å². The third kappa shape index (κ3) is 5.58. The molecule has 0 unspecified atom stereocenters. The minimum Gasteiger partial charge on any atom is -0.481 e. The van der Waals surface area contributed by atoms with Gasteiger partial charge in [0.25, 0.3) is 0 Å². The molecule has 2 N–H and O–H groups in total. The van der Waals surface area contributed by atoms with Crippen LogP contribution in [0.15, 0.2) is 0 Å². The summed E-state index contributed by atoms with van der Waals surface area (Å²) in [6, 6.07) is 0.124. The second kappa shape index (κ2) is 7.96. The van der Waals surface area contributed by atoms with E-state index in [0.717, 1.165) is 12.8 Å². The van der Waals surface area contributed by atoms with Gasteiger partial charge in [0.2, 0.25) is 0 Å². The van der Waals surface area contributed by atoms with Crippen LogP contribution in [0.1, 0.15) is 39.5 Å². The lowest BCUT2D eigenvalue weighted by Crippen LogP contribution is -2.43. The standard InChI is InChI=1S/C11H22N2O3/c1-4-9(5-2)13(3)11(16)12-8-6-7-10(14)15/h9H,4-8H2,1-3H3,(H,12,16)(H,14,15). The van der Waals surface area contributed by atoms with Gasteiger partial charge < -0.3 is 15.3 Å². The van der Waals surface area contributed by atoms with E-state index in [0.29, 0.717) is 13.0 Å². The van der Waals surface area contributed by atoms with Gasteiger partial charge in [0.05, 0.1) is 0 Å². The Morgan fingerprint density at radius 2 is 1.88 bits per heavy atom. The van der Waals surface area contributed by atoms with Gasteiger partial charge in [-0.05, 0) is 19.3 Å². The normalized spacial score (nSPS) is 10.2. The molecule has 16 heavy (non-hydrogen) atoms. The van der Waals surface area contributed by atoms with Gasteiger partial charge >= 0.3 is 12.0 Å². The van der Waals surface area contributed by atoms with E-state index in [1.165, 1.54) is 0 Å². The van der Waals surface area contributed by atoms with Crippen LogP contribution in [0, 0.1) is 0 Å². The predicted octanol–water partition coefficient (Wildman–Crippen LogP) is 1.68. The molecule has 5 nitrogen and oxygen atoms in total. The van der Waals surface area contributed by atoms with Crippen molar-refractivity contribution < 1.29 is 14.7 Å². The average molecular weight is 230 g/mol. The molecular weight excluding hydrogens is 208 g/mol. The number of carboxylic acid groups (broad SMARTS) is 1. The summed E-state index contributed by atoms with van der Waals surface area (Å²) in [5.41, 5.74) is 0. The minimum atomic E-state index is -0.831. The number of hydrogen-bond acceptors (Lipinski definition) is 2. The molecule has 5 heteroatoms. The molecule has 0 heterocycles. The predicted molar refractivity (Wildman–Crippen MR) is 62.4 cm³/mol. The van der Waals surface area contributed by atoms with Crippen LogP contribution in [0.3, 0.4) is 0 Å². The second-order valence-electron chi connectivity index (χ2n) is 3.81. The summed E-state index contributed by atoms with van der Waals surface area (Å²) in [6.45, 7) is 4.50. The highest BCUT2D eigenvalue weighted by molar-refractivity contribution is 5.74. The highest BCUT2D eigenvalue weighted by Gasteiger charge is 2.15. The maximum atomic E-state index is 11.6. The number of amides is 2. The number of carboxylic acids is 1. The van der Waals surface area contributed by atoms with Crippen LogP contribution in [-0.4, -0.2) is 41.6 Å². The van der Waals surface area contributed by atoms with E-state index in [1.54, 1.807) is 11.9 Å². The summed E-state index contributed by atoms with van der Waals surface area (Å²) in [6.07, 6.45) is 2.41. The first-order valence-electron chi connectivity index (χ1n) is 5.75. The Bertz CT molecular complexity index is 227. The van der Waals surface area contributed by atoms with Gasteiger partial charge in [0.15, 0.2) is 0 Å². The van der Waals surface area contributed by atoms with E-state index in [-0.39, 0.29) is 18.5 Å². The largest absolute Gasteiger partial charge is 0.481 e. The molecule has 0 fully saturated rings. The zero-order valence-corrected chi connectivity index (χ0v) is 10.3. The van der Waals surface area contributed by atoms with Gasteiger partial charge in [-0.3, -0.25) is 4.79 Å². The molecule has 0 radical (unpaired) electrons. The van der Waals surface area contributed by atoms with Crippen molar-refractivity contribution in [3.63, 3.8) is 0 Å². The van der Waals surface area contributed by atoms with Crippen molar-refractivity contribution in [1.82, 2.24) is 10.2 Å². The summed E-state index contributed by atoms with van der Waals surface area (Å²) in [7, 11) is 1.77. The SMILES string of the molecule is CCC(CC)N(C)C(=O)NCCCC(=O)O. The van der Waals surface area contributed by atoms with Crippen molar-refractivity contribution in [1.29, 1.82) is 0 Å². The molecule has 0 saturated carbocycles. The fraction of sp³-hybridized carbons (Fsp3) is 0.818. The summed E-state index contributed by atoms with van der Waals surface area (Å²) in [4.78, 5) is 23.6. The molecule has 0 spiro atoms. The second-order valence-corrected chi connectivity index (χ2v) is 3.81. The number of hydrogen-bond donors (Lipinski definition) is 2. The monoisotopic (exact) mass is 230 g/mol. The Labute approximate surface area is 96.8 Å². The molecule has 0 aliphatic rings. The van der Waals surface area contributed by atoms with Crippen LogP contribution in [-0.2, 0) is 4.79 Å². The lowest BCUT2D eigenvalue weighted by Gasteiger charge is -2.26. The highest BCUT2D eigenvalue weighted by Crippen LogP contribution is 2.05. The topological polar surface area (TPSA) is 69.6 Å². The van der Waals surface area contributed by atoms with Crippen LogP contribution in [0.2, 0.25) is 0 Å². The van der Waals surface area contributed by atoms with Gasteiger partial charge in [0.1, 0.15) is 0 Å². The molecule has 0 aromatic heterocycles. The van der Waals surface area contributed by atoms with Crippen molar-refractivity contribution in [2.75, 3.05) is 13.6 Å². The number of carbonyl (C=O) groups excluding carboxylic acids is 1. The quantitative estimate of drug-likeness (QED) is 0.654. The maximum absolute atomic E-state index is 11.6. The number of aliphatic carboxylic acids is 1. The number of carbonyl (C=O) groups is 2. The van der Waals surface area contributed by atoms with E-state index in [4.69, 9.17) is 5.11 Å². The lowest BCUT2D eigenvalue weighted by atomic mass is 10.1. The number of rotatable bonds is 7. The van der Waals surface area contributed by atoms with Gasteiger partial charge in [0, 0.05) is 26.1 Å². The third-order valence-electron chi connectivity index (χ3n) is 2.65. The zero-order chi connectivity index (χ0) is 12.6. The van der Waals surface area contributed by atoms with Crippen molar-refractivity contribution in [2.24, 2.45) is 0 Å². The Morgan fingerprint density at radius 1 is 1.31 bits per heavy atom.